The van der Waals surface area contributed by atoms with Crippen molar-refractivity contribution < 1.29 is 14.3 Å². The molecule has 90 valence electrons. The Bertz CT molecular complexity index is 519. The van der Waals surface area contributed by atoms with Crippen molar-refractivity contribution in [3.63, 3.8) is 0 Å². The van der Waals surface area contributed by atoms with Crippen LogP contribution in [-0.4, -0.2) is 42.8 Å². The molecule has 0 aliphatic carbocycles. The number of rotatable bonds is 5. The van der Waals surface area contributed by atoms with Crippen molar-refractivity contribution in [2.45, 2.75) is 13.0 Å². The van der Waals surface area contributed by atoms with Crippen LogP contribution in [0, 0.1) is 0 Å². The fourth-order valence-corrected chi connectivity index (χ4v) is 1.17. The molecule has 2 aromatic heterocycles. The lowest BCUT2D eigenvalue weighted by Gasteiger charge is -1.94. The molecule has 17 heavy (non-hydrogen) atoms. The zero-order chi connectivity index (χ0) is 12.3. The predicted octanol–water partition coefficient (Wildman–Crippen LogP) is -0.625. The molecular weight excluding hydrogens is 228 g/mol. The third kappa shape index (κ3) is 2.45. The molecule has 0 unspecified atom stereocenters. The molecule has 0 fully saturated rings. The van der Waals surface area contributed by atoms with Crippen LogP contribution in [0.15, 0.2) is 10.6 Å². The van der Waals surface area contributed by atoms with Gasteiger partial charge in [-0.05, 0) is 13.0 Å². The molecule has 0 radical (unpaired) electrons. The van der Waals surface area contributed by atoms with E-state index in [2.05, 4.69) is 20.5 Å². The van der Waals surface area contributed by atoms with Crippen LogP contribution in [0.1, 0.15) is 17.1 Å². The molecule has 0 saturated heterocycles. The summed E-state index contributed by atoms with van der Waals surface area (Å²) in [6.45, 7) is 1.18. The molecule has 9 heteroatoms. The third-order valence-corrected chi connectivity index (χ3v) is 1.96. The summed E-state index contributed by atoms with van der Waals surface area (Å²) in [6.07, 6.45) is 2.36. The van der Waals surface area contributed by atoms with Gasteiger partial charge in [-0.2, -0.15) is 0 Å². The molecule has 0 saturated carbocycles. The second-order valence-corrected chi connectivity index (χ2v) is 3.23. The molecule has 0 amide bonds. The minimum Gasteiger partial charge on any atom is -0.474 e. The van der Waals surface area contributed by atoms with Gasteiger partial charge in [0.25, 0.3) is 5.89 Å². The monoisotopic (exact) mass is 238 g/mol. The molecule has 3 N–H and O–H groups in total. The van der Waals surface area contributed by atoms with Gasteiger partial charge in [0.05, 0.1) is 6.20 Å². The smallest absolute Gasteiger partial charge is 0.393 e. The summed E-state index contributed by atoms with van der Waals surface area (Å²) in [5.74, 6) is -1.72. The van der Waals surface area contributed by atoms with Gasteiger partial charge in [0, 0.05) is 6.54 Å². The van der Waals surface area contributed by atoms with Gasteiger partial charge in [0.1, 0.15) is 0 Å². The Labute approximate surface area is 95.2 Å². The fraction of sp³-hybridized carbons (Fsp3) is 0.375. The maximum absolute atomic E-state index is 10.5. The average Bonchev–Trinajstić information content (AvgIpc) is 2.94. The van der Waals surface area contributed by atoms with Crippen molar-refractivity contribution in [2.24, 2.45) is 5.73 Å². The van der Waals surface area contributed by atoms with Gasteiger partial charge in [-0.15, -0.1) is 15.3 Å². The average molecular weight is 238 g/mol. The number of hydrogen-bond donors (Lipinski definition) is 2. The summed E-state index contributed by atoms with van der Waals surface area (Å²) in [6, 6.07) is 0. The first kappa shape index (κ1) is 11.2. The van der Waals surface area contributed by atoms with Crippen LogP contribution in [-0.2, 0) is 6.54 Å². The van der Waals surface area contributed by atoms with Crippen molar-refractivity contribution in [3.8, 4) is 11.6 Å². The molecule has 2 aromatic rings. The van der Waals surface area contributed by atoms with Crippen molar-refractivity contribution in [1.29, 1.82) is 0 Å². The summed E-state index contributed by atoms with van der Waals surface area (Å²) in [4.78, 5) is 10.5. The van der Waals surface area contributed by atoms with Gasteiger partial charge in [0.15, 0.2) is 5.69 Å². The predicted molar refractivity (Wildman–Crippen MR) is 53.9 cm³/mol. The van der Waals surface area contributed by atoms with Crippen molar-refractivity contribution >= 4 is 5.97 Å². The molecule has 2 rings (SSSR count). The van der Waals surface area contributed by atoms with E-state index in [0.29, 0.717) is 18.8 Å². The number of aromatic nitrogens is 5. The fourth-order valence-electron chi connectivity index (χ4n) is 1.17. The summed E-state index contributed by atoms with van der Waals surface area (Å²) < 4.78 is 6.46. The van der Waals surface area contributed by atoms with E-state index in [1.54, 1.807) is 10.9 Å². The highest BCUT2D eigenvalue weighted by Crippen LogP contribution is 2.13. The van der Waals surface area contributed by atoms with E-state index >= 15 is 0 Å². The summed E-state index contributed by atoms with van der Waals surface area (Å²) in [5.41, 5.74) is 5.70. The van der Waals surface area contributed by atoms with Crippen LogP contribution in [0.4, 0.5) is 0 Å². The first-order valence-corrected chi connectivity index (χ1v) is 4.88. The van der Waals surface area contributed by atoms with E-state index in [1.165, 1.54) is 0 Å². The molecule has 0 aliphatic rings. The van der Waals surface area contributed by atoms with E-state index in [4.69, 9.17) is 15.3 Å². The van der Waals surface area contributed by atoms with Crippen molar-refractivity contribution in [1.82, 2.24) is 25.2 Å². The quantitative estimate of drug-likeness (QED) is 0.703. The standard InChI is InChI=1S/C8H10N6O3/c9-2-1-3-14-4-5(10-13-14)6-11-12-7(17-6)8(15)16/h4H,1-3,9H2,(H,15,16). The topological polar surface area (TPSA) is 133 Å². The normalized spacial score (nSPS) is 10.6. The summed E-state index contributed by atoms with van der Waals surface area (Å²) in [5, 5.41) is 23.1. The zero-order valence-electron chi connectivity index (χ0n) is 8.78. The highest BCUT2D eigenvalue weighted by molar-refractivity contribution is 5.82. The number of hydrogen-bond acceptors (Lipinski definition) is 7. The van der Waals surface area contributed by atoms with Gasteiger partial charge in [-0.25, -0.2) is 4.79 Å². The van der Waals surface area contributed by atoms with E-state index in [1.807, 2.05) is 0 Å². The lowest BCUT2D eigenvalue weighted by atomic mass is 10.4. The molecule has 0 bridgehead atoms. The Hall–Kier alpha value is -2.29. The Balaban J connectivity index is 2.15. The SMILES string of the molecule is NCCCn1cc(-c2nnc(C(=O)O)o2)nn1. The van der Waals surface area contributed by atoms with Crippen LogP contribution in [0.25, 0.3) is 11.6 Å². The molecule has 0 spiro atoms. The Kier molecular flexibility index (Phi) is 3.10. The Morgan fingerprint density at radius 1 is 1.47 bits per heavy atom. The number of aromatic carboxylic acids is 1. The second-order valence-electron chi connectivity index (χ2n) is 3.23. The van der Waals surface area contributed by atoms with E-state index in [9.17, 15) is 4.79 Å². The number of nitrogens with two attached hydrogens (primary N) is 1. The molecule has 0 atom stereocenters. The van der Waals surface area contributed by atoms with Crippen LogP contribution in [0.3, 0.4) is 0 Å². The van der Waals surface area contributed by atoms with Crippen LogP contribution in [0.2, 0.25) is 0 Å². The number of carbonyl (C=O) groups is 1. The maximum Gasteiger partial charge on any atom is 0.393 e. The molecule has 2 heterocycles. The lowest BCUT2D eigenvalue weighted by molar-refractivity contribution is 0.0654. The first-order chi connectivity index (χ1) is 8.20. The number of nitrogens with zero attached hydrogens (tertiary/aromatic N) is 5. The minimum atomic E-state index is -1.28. The Morgan fingerprint density at radius 2 is 2.29 bits per heavy atom. The largest absolute Gasteiger partial charge is 0.474 e. The maximum atomic E-state index is 10.5. The van der Waals surface area contributed by atoms with E-state index < -0.39 is 11.9 Å². The number of aryl methyl sites for hydroxylation is 1. The number of carboxylic acid groups (broad SMARTS) is 1. The minimum absolute atomic E-state index is 0.0291. The number of carboxylic acids is 1. The zero-order valence-corrected chi connectivity index (χ0v) is 8.78. The summed E-state index contributed by atoms with van der Waals surface area (Å²) in [7, 11) is 0. The van der Waals surface area contributed by atoms with Gasteiger partial charge in [0.2, 0.25) is 0 Å². The second kappa shape index (κ2) is 4.70. The van der Waals surface area contributed by atoms with E-state index in [-0.39, 0.29) is 5.89 Å². The van der Waals surface area contributed by atoms with E-state index in [0.717, 1.165) is 6.42 Å². The van der Waals surface area contributed by atoms with Gasteiger partial charge < -0.3 is 15.3 Å². The van der Waals surface area contributed by atoms with Crippen LogP contribution >= 0.6 is 0 Å². The molecule has 9 nitrogen and oxygen atoms in total. The highest BCUT2D eigenvalue weighted by atomic mass is 16.4. The van der Waals surface area contributed by atoms with Crippen molar-refractivity contribution in [3.05, 3.63) is 12.1 Å². The third-order valence-electron chi connectivity index (χ3n) is 1.96. The van der Waals surface area contributed by atoms with Crippen LogP contribution < -0.4 is 5.73 Å². The van der Waals surface area contributed by atoms with Crippen molar-refractivity contribution in [2.75, 3.05) is 6.54 Å². The Morgan fingerprint density at radius 3 is 2.94 bits per heavy atom. The van der Waals surface area contributed by atoms with Gasteiger partial charge in [-0.3, -0.25) is 4.68 Å². The van der Waals surface area contributed by atoms with Crippen LogP contribution in [0.5, 0.6) is 0 Å². The molecule has 0 aliphatic heterocycles. The highest BCUT2D eigenvalue weighted by Gasteiger charge is 2.16. The molecule has 0 aromatic carbocycles. The summed E-state index contributed by atoms with van der Waals surface area (Å²) >= 11 is 0. The first-order valence-electron chi connectivity index (χ1n) is 4.88. The van der Waals surface area contributed by atoms with Gasteiger partial charge in [-0.1, -0.05) is 5.21 Å². The molecular formula is C8H10N6O3. The van der Waals surface area contributed by atoms with Gasteiger partial charge >= 0.3 is 11.9 Å². The lowest BCUT2D eigenvalue weighted by Crippen LogP contribution is -2.06.